The zero-order valence-corrected chi connectivity index (χ0v) is 21.9. The van der Waals surface area contributed by atoms with Crippen molar-refractivity contribution < 1.29 is 36.3 Å². The third kappa shape index (κ3) is 7.69. The maximum absolute atomic E-state index is 14.9. The fourth-order valence-electron chi connectivity index (χ4n) is 4.30. The lowest BCUT2D eigenvalue weighted by Gasteiger charge is -2.34. The maximum atomic E-state index is 14.9. The number of amides is 2. The predicted molar refractivity (Wildman–Crippen MR) is 141 cm³/mol. The van der Waals surface area contributed by atoms with Crippen LogP contribution < -0.4 is 20.9 Å². The molecule has 1 aliphatic heterocycles. The summed E-state index contributed by atoms with van der Waals surface area (Å²) in [5, 5.41) is 4.80. The summed E-state index contributed by atoms with van der Waals surface area (Å²) in [6.07, 6.45) is -4.84. The number of carbonyl (C=O) groups is 2. The molecule has 218 valence electrons. The number of anilines is 1. The van der Waals surface area contributed by atoms with E-state index in [4.69, 9.17) is 4.74 Å². The first kappa shape index (κ1) is 29.7. The molecule has 1 aliphatic rings. The Morgan fingerprint density at radius 2 is 1.88 bits per heavy atom. The quantitative estimate of drug-likeness (QED) is 0.314. The minimum atomic E-state index is -4.80. The van der Waals surface area contributed by atoms with E-state index in [1.54, 1.807) is 11.8 Å². The molecule has 2 heterocycles. The number of H-pyrrole nitrogens is 1. The molecular formula is C28H27F5N4O4. The van der Waals surface area contributed by atoms with Gasteiger partial charge in [-0.25, -0.2) is 8.78 Å². The second kappa shape index (κ2) is 12.5. The highest BCUT2D eigenvalue weighted by Crippen LogP contribution is 2.33. The molecule has 4 rings (SSSR count). The van der Waals surface area contributed by atoms with Gasteiger partial charge in [0.1, 0.15) is 17.7 Å². The molecule has 1 aromatic heterocycles. The Morgan fingerprint density at radius 1 is 1.12 bits per heavy atom. The fraction of sp³-hybridized carbons (Fsp3) is 0.321. The van der Waals surface area contributed by atoms with Crippen molar-refractivity contribution in [1.29, 1.82) is 0 Å². The second-order valence-electron chi connectivity index (χ2n) is 9.45. The van der Waals surface area contributed by atoms with Crippen LogP contribution in [0.15, 0.2) is 53.5 Å². The number of hydrogen-bond acceptors (Lipinski definition) is 5. The highest BCUT2D eigenvalue weighted by molar-refractivity contribution is 5.98. The van der Waals surface area contributed by atoms with E-state index in [9.17, 15) is 36.3 Å². The van der Waals surface area contributed by atoms with Crippen molar-refractivity contribution >= 4 is 17.5 Å². The van der Waals surface area contributed by atoms with Gasteiger partial charge in [-0.3, -0.25) is 19.3 Å². The standard InChI is InChI=1S/C28H27F5N4O4/c1-2-41-24-12-25(38)35-13-22(24)16-3-4-17(23(30)9-16)10-26(39)36-21-8-18(7-19(11-21)28(31,32)33)27(40)34-5-6-37-14-20(29)15-37/h3-4,7-9,11-13,20H,2,5-6,10,14-15H2,1H3,(H,34,40)(H,35,38)(H,36,39). The lowest BCUT2D eigenvalue weighted by molar-refractivity contribution is -0.137. The molecule has 0 bridgehead atoms. The minimum Gasteiger partial charge on any atom is -0.493 e. The third-order valence-corrected chi connectivity index (χ3v) is 6.33. The van der Waals surface area contributed by atoms with Gasteiger partial charge < -0.3 is 20.4 Å². The molecule has 2 aromatic carbocycles. The number of benzene rings is 2. The SMILES string of the molecule is CCOc1cc(=O)[nH]cc1-c1ccc(CC(=O)Nc2cc(C(=O)NCCN3CC(F)C3)cc(C(F)(F)F)c2)c(F)c1. The van der Waals surface area contributed by atoms with E-state index in [0.29, 0.717) is 29.8 Å². The first-order chi connectivity index (χ1) is 19.4. The van der Waals surface area contributed by atoms with Gasteiger partial charge in [0.2, 0.25) is 5.91 Å². The monoisotopic (exact) mass is 578 g/mol. The Bertz CT molecular complexity index is 1490. The lowest BCUT2D eigenvalue weighted by Crippen LogP contribution is -2.50. The van der Waals surface area contributed by atoms with Crippen molar-refractivity contribution in [1.82, 2.24) is 15.2 Å². The van der Waals surface area contributed by atoms with Crippen LogP contribution in [0, 0.1) is 5.82 Å². The summed E-state index contributed by atoms with van der Waals surface area (Å²) in [6, 6.07) is 7.68. The summed E-state index contributed by atoms with van der Waals surface area (Å²) < 4.78 is 73.8. The topological polar surface area (TPSA) is 104 Å². The molecule has 0 radical (unpaired) electrons. The van der Waals surface area contributed by atoms with E-state index in [-0.39, 0.29) is 48.8 Å². The average Bonchev–Trinajstić information content (AvgIpc) is 2.88. The Balaban J connectivity index is 1.46. The van der Waals surface area contributed by atoms with Gasteiger partial charge in [-0.2, -0.15) is 13.2 Å². The van der Waals surface area contributed by atoms with Crippen LogP contribution in [0.5, 0.6) is 5.75 Å². The minimum absolute atomic E-state index is 0.0277. The number of nitrogens with zero attached hydrogens (tertiary/aromatic N) is 1. The Kier molecular flexibility index (Phi) is 9.06. The van der Waals surface area contributed by atoms with Crippen LogP contribution in [-0.4, -0.2) is 60.7 Å². The van der Waals surface area contributed by atoms with E-state index < -0.39 is 47.5 Å². The highest BCUT2D eigenvalue weighted by Gasteiger charge is 2.32. The molecule has 0 aliphatic carbocycles. The molecule has 1 saturated heterocycles. The summed E-state index contributed by atoms with van der Waals surface area (Å²) in [6.45, 7) is 2.92. The molecule has 8 nitrogen and oxygen atoms in total. The summed E-state index contributed by atoms with van der Waals surface area (Å²) in [5.41, 5.74) is -1.39. The Labute approximate surface area is 231 Å². The van der Waals surface area contributed by atoms with Crippen LogP contribution in [-0.2, 0) is 17.4 Å². The van der Waals surface area contributed by atoms with Gasteiger partial charge >= 0.3 is 6.18 Å². The molecule has 3 aromatic rings. The number of pyridine rings is 1. The van der Waals surface area contributed by atoms with Gasteiger partial charge in [0.25, 0.3) is 11.5 Å². The normalized spacial score (nSPS) is 13.9. The number of rotatable bonds is 10. The number of ether oxygens (including phenoxy) is 1. The Morgan fingerprint density at radius 3 is 2.54 bits per heavy atom. The Hall–Kier alpha value is -4.26. The van der Waals surface area contributed by atoms with Crippen LogP contribution in [0.4, 0.5) is 27.6 Å². The average molecular weight is 579 g/mol. The number of likely N-dealkylation sites (tertiary alicyclic amines) is 1. The molecule has 1 fully saturated rings. The van der Waals surface area contributed by atoms with Crippen molar-refractivity contribution in [3.8, 4) is 16.9 Å². The fourth-order valence-corrected chi connectivity index (χ4v) is 4.30. The van der Waals surface area contributed by atoms with Crippen LogP contribution in [0.3, 0.4) is 0 Å². The number of carbonyl (C=O) groups excluding carboxylic acids is 2. The van der Waals surface area contributed by atoms with E-state index >= 15 is 0 Å². The molecule has 0 unspecified atom stereocenters. The summed E-state index contributed by atoms with van der Waals surface area (Å²) in [5.74, 6) is -2.10. The van der Waals surface area contributed by atoms with E-state index in [1.807, 2.05) is 0 Å². The molecule has 13 heteroatoms. The van der Waals surface area contributed by atoms with Crippen LogP contribution >= 0.6 is 0 Å². The number of nitrogens with one attached hydrogen (secondary N) is 3. The molecule has 0 saturated carbocycles. The number of alkyl halides is 4. The molecule has 3 N–H and O–H groups in total. The van der Waals surface area contributed by atoms with Crippen molar-refractivity contribution in [2.24, 2.45) is 0 Å². The second-order valence-corrected chi connectivity index (χ2v) is 9.45. The van der Waals surface area contributed by atoms with Crippen molar-refractivity contribution in [2.45, 2.75) is 25.7 Å². The predicted octanol–water partition coefficient (Wildman–Crippen LogP) is 4.16. The van der Waals surface area contributed by atoms with Crippen LogP contribution in [0.2, 0.25) is 0 Å². The van der Waals surface area contributed by atoms with Crippen LogP contribution in [0.1, 0.15) is 28.4 Å². The number of hydrogen-bond donors (Lipinski definition) is 3. The van der Waals surface area contributed by atoms with Gasteiger partial charge in [-0.15, -0.1) is 0 Å². The molecule has 41 heavy (non-hydrogen) atoms. The number of aromatic nitrogens is 1. The van der Waals surface area contributed by atoms with Crippen molar-refractivity contribution in [3.05, 3.63) is 81.5 Å². The van der Waals surface area contributed by atoms with Crippen molar-refractivity contribution in [2.75, 3.05) is 38.1 Å². The largest absolute Gasteiger partial charge is 0.493 e. The number of halogens is 5. The van der Waals surface area contributed by atoms with E-state index in [2.05, 4.69) is 15.6 Å². The summed E-state index contributed by atoms with van der Waals surface area (Å²) in [4.78, 5) is 41.0. The first-order valence-electron chi connectivity index (χ1n) is 12.7. The van der Waals surface area contributed by atoms with Crippen LogP contribution in [0.25, 0.3) is 11.1 Å². The third-order valence-electron chi connectivity index (χ3n) is 6.33. The first-order valence-corrected chi connectivity index (χ1v) is 12.7. The van der Waals surface area contributed by atoms with Crippen molar-refractivity contribution in [3.63, 3.8) is 0 Å². The molecule has 0 atom stereocenters. The lowest BCUT2D eigenvalue weighted by atomic mass is 10.0. The van der Waals surface area contributed by atoms with Gasteiger partial charge in [-0.1, -0.05) is 12.1 Å². The van der Waals surface area contributed by atoms with Gasteiger partial charge in [0.15, 0.2) is 0 Å². The summed E-state index contributed by atoms with van der Waals surface area (Å²) in [7, 11) is 0. The molecule has 0 spiro atoms. The molecular weight excluding hydrogens is 551 g/mol. The van der Waals surface area contributed by atoms with E-state index in [0.717, 1.165) is 12.1 Å². The zero-order chi connectivity index (χ0) is 29.7. The highest BCUT2D eigenvalue weighted by atomic mass is 19.4. The zero-order valence-electron chi connectivity index (χ0n) is 21.9. The smallest absolute Gasteiger partial charge is 0.416 e. The molecule has 2 amide bonds. The summed E-state index contributed by atoms with van der Waals surface area (Å²) >= 11 is 0. The maximum Gasteiger partial charge on any atom is 0.416 e. The number of aromatic amines is 1. The van der Waals surface area contributed by atoms with Gasteiger partial charge in [0, 0.05) is 55.3 Å². The van der Waals surface area contributed by atoms with E-state index in [1.165, 1.54) is 24.4 Å². The van der Waals surface area contributed by atoms with Gasteiger partial charge in [0.05, 0.1) is 18.6 Å². The van der Waals surface area contributed by atoms with Gasteiger partial charge in [-0.05, 0) is 42.3 Å².